The van der Waals surface area contributed by atoms with Gasteiger partial charge in [-0.25, -0.2) is 14.8 Å². The third-order valence-corrected chi connectivity index (χ3v) is 6.85. The number of carbonyl (C=O) groups is 2. The molecule has 1 aliphatic rings. The molecule has 1 fully saturated rings. The number of carboxylic acid groups (broad SMARTS) is 1. The lowest BCUT2D eigenvalue weighted by Gasteiger charge is -2.18. The Hall–Kier alpha value is -4.90. The van der Waals surface area contributed by atoms with E-state index in [2.05, 4.69) is 26.8 Å². The van der Waals surface area contributed by atoms with Crippen molar-refractivity contribution in [1.82, 2.24) is 19.9 Å². The zero-order valence-electron chi connectivity index (χ0n) is 23.3. The average Bonchev–Trinajstić information content (AvgIpc) is 3.48. The molecule has 4 N–H and O–H groups in total. The van der Waals surface area contributed by atoms with Crippen molar-refractivity contribution >= 4 is 57.3 Å². The molecule has 0 saturated carbocycles. The number of likely N-dealkylation sites (tertiary alicyclic amines) is 1. The van der Waals surface area contributed by atoms with Crippen molar-refractivity contribution < 1.29 is 19.4 Å². The summed E-state index contributed by atoms with van der Waals surface area (Å²) in [6.07, 6.45) is 5.71. The number of benzene rings is 2. The molecular weight excluding hydrogens is 558 g/mol. The van der Waals surface area contributed by atoms with Gasteiger partial charge in [0.25, 0.3) is 0 Å². The average molecular weight is 590 g/mol. The van der Waals surface area contributed by atoms with Gasteiger partial charge in [0.2, 0.25) is 5.91 Å². The number of nitrogens with zero attached hydrogens (tertiary/aromatic N) is 5. The van der Waals surface area contributed by atoms with Crippen LogP contribution in [0.5, 0.6) is 5.75 Å². The lowest BCUT2D eigenvalue weighted by Crippen LogP contribution is -2.39. The molecule has 1 amide bonds. The van der Waals surface area contributed by atoms with E-state index in [0.29, 0.717) is 41.8 Å². The van der Waals surface area contributed by atoms with Crippen LogP contribution in [0.2, 0.25) is 5.02 Å². The van der Waals surface area contributed by atoms with E-state index in [-0.39, 0.29) is 5.91 Å². The molecule has 4 aromatic rings. The van der Waals surface area contributed by atoms with E-state index in [4.69, 9.17) is 27.2 Å². The van der Waals surface area contributed by atoms with Crippen LogP contribution in [-0.4, -0.2) is 63.5 Å². The number of aliphatic carboxylic acids is 1. The van der Waals surface area contributed by atoms with E-state index in [9.17, 15) is 9.59 Å². The number of rotatable bonds is 8. The van der Waals surface area contributed by atoms with Crippen molar-refractivity contribution in [1.29, 1.82) is 0 Å². The van der Waals surface area contributed by atoms with Crippen LogP contribution in [0.1, 0.15) is 18.5 Å². The Kier molecular flexibility index (Phi) is 9.77. The summed E-state index contributed by atoms with van der Waals surface area (Å²) in [5.41, 5.74) is 10.2. The van der Waals surface area contributed by atoms with E-state index in [0.717, 1.165) is 40.5 Å². The standard InChI is InChI=1S/C22H21ClN6O.C8H11NO3/c1-29(2)20-11-19-16(10-18(20)24)22(27-13-26-19)28-14-6-7-21(17(23)9-14)30-12-15-5-3-4-8-25-15;1-2-7(10)9-5-3-4-6(9)8(11)12/h3-11,13H,12,24H2,1-2H3,(H,26,27,28);2,6H,1,3-5H2,(H,11,12)/t;6-/m.0/s1. The summed E-state index contributed by atoms with van der Waals surface area (Å²) in [5, 5.41) is 13.3. The van der Waals surface area contributed by atoms with Crippen molar-refractivity contribution in [2.75, 3.05) is 36.6 Å². The minimum absolute atomic E-state index is 0.292. The molecule has 11 nitrogen and oxygen atoms in total. The molecule has 5 rings (SSSR count). The zero-order chi connectivity index (χ0) is 30.2. The lowest BCUT2D eigenvalue weighted by molar-refractivity contribution is -0.146. The summed E-state index contributed by atoms with van der Waals surface area (Å²) in [7, 11) is 3.88. The Balaban J connectivity index is 0.000000283. The lowest BCUT2D eigenvalue weighted by atomic mass is 10.1. The maximum atomic E-state index is 11.1. The van der Waals surface area contributed by atoms with Gasteiger partial charge in [-0.3, -0.25) is 9.78 Å². The number of carboxylic acids is 1. The second kappa shape index (κ2) is 13.6. The van der Waals surface area contributed by atoms with E-state index in [1.807, 2.05) is 61.5 Å². The predicted octanol–water partition coefficient (Wildman–Crippen LogP) is 4.90. The number of hydrogen-bond acceptors (Lipinski definition) is 9. The highest BCUT2D eigenvalue weighted by atomic mass is 35.5. The Bertz CT molecular complexity index is 1580. The number of halogens is 1. The molecule has 0 aliphatic carbocycles. The highest BCUT2D eigenvalue weighted by molar-refractivity contribution is 6.32. The van der Waals surface area contributed by atoms with Gasteiger partial charge in [-0.05, 0) is 61.4 Å². The van der Waals surface area contributed by atoms with Crippen LogP contribution in [-0.2, 0) is 16.2 Å². The van der Waals surface area contributed by atoms with Crippen LogP contribution in [0.4, 0.5) is 22.9 Å². The second-order valence-corrected chi connectivity index (χ2v) is 10.1. The molecule has 1 aliphatic heterocycles. The Morgan fingerprint density at radius 2 is 2.02 bits per heavy atom. The van der Waals surface area contributed by atoms with Gasteiger partial charge in [0.15, 0.2) is 0 Å². The Labute approximate surface area is 248 Å². The molecule has 0 bridgehead atoms. The number of nitrogens with one attached hydrogen (secondary N) is 1. The molecule has 2 aromatic carbocycles. The SMILES string of the molecule is C=CC(=O)N1CCC[C@H]1C(=O)O.CN(C)c1cc2ncnc(Nc3ccc(OCc4ccccn4)c(Cl)c3)c2cc1N. The molecule has 1 saturated heterocycles. The summed E-state index contributed by atoms with van der Waals surface area (Å²) >= 11 is 6.42. The normalized spacial score (nSPS) is 14.1. The molecule has 0 spiro atoms. The smallest absolute Gasteiger partial charge is 0.326 e. The summed E-state index contributed by atoms with van der Waals surface area (Å²) in [6, 6.07) is 14.3. The van der Waals surface area contributed by atoms with Crippen LogP contribution >= 0.6 is 11.6 Å². The van der Waals surface area contributed by atoms with Crippen molar-refractivity contribution in [2.24, 2.45) is 0 Å². The van der Waals surface area contributed by atoms with Gasteiger partial charge >= 0.3 is 5.97 Å². The highest BCUT2D eigenvalue weighted by Gasteiger charge is 2.32. The first-order valence-electron chi connectivity index (χ1n) is 13.1. The number of carbonyl (C=O) groups excluding carboxylic acids is 1. The van der Waals surface area contributed by atoms with Gasteiger partial charge in [-0.15, -0.1) is 0 Å². The fourth-order valence-electron chi connectivity index (χ4n) is 4.47. The number of amides is 1. The molecule has 1 atom stereocenters. The number of hydrogen-bond donors (Lipinski definition) is 3. The predicted molar refractivity (Wildman–Crippen MR) is 164 cm³/mol. The third-order valence-electron chi connectivity index (χ3n) is 6.56. The fraction of sp³-hybridized carbons (Fsp3) is 0.233. The van der Waals surface area contributed by atoms with Crippen LogP contribution in [0.15, 0.2) is 73.7 Å². The summed E-state index contributed by atoms with van der Waals surface area (Å²) < 4.78 is 5.78. The van der Waals surface area contributed by atoms with Crippen LogP contribution in [0.25, 0.3) is 10.9 Å². The summed E-state index contributed by atoms with van der Waals surface area (Å²) in [5.74, 6) is 0.0121. The number of nitrogen functional groups attached to an aromatic ring is 1. The third kappa shape index (κ3) is 7.24. The first kappa shape index (κ1) is 30.1. The fourth-order valence-corrected chi connectivity index (χ4v) is 4.70. The van der Waals surface area contributed by atoms with Crippen molar-refractivity contribution in [3.05, 3.63) is 84.4 Å². The monoisotopic (exact) mass is 589 g/mol. The molecule has 3 heterocycles. The molecule has 218 valence electrons. The number of fused-ring (bicyclic) bond motifs is 1. The first-order valence-corrected chi connectivity index (χ1v) is 13.5. The number of pyridine rings is 1. The van der Waals surface area contributed by atoms with Crippen molar-refractivity contribution in [3.63, 3.8) is 0 Å². The van der Waals surface area contributed by atoms with Gasteiger partial charge in [-0.2, -0.15) is 0 Å². The van der Waals surface area contributed by atoms with Crippen LogP contribution < -0.4 is 20.7 Å². The van der Waals surface area contributed by atoms with Gasteiger partial charge in [-0.1, -0.05) is 24.2 Å². The maximum absolute atomic E-state index is 11.1. The van der Waals surface area contributed by atoms with Gasteiger partial charge < -0.3 is 30.7 Å². The minimum Gasteiger partial charge on any atom is -0.486 e. The summed E-state index contributed by atoms with van der Waals surface area (Å²) in [6.45, 7) is 4.19. The van der Waals surface area contributed by atoms with Crippen molar-refractivity contribution in [2.45, 2.75) is 25.5 Å². The van der Waals surface area contributed by atoms with Gasteiger partial charge in [0.05, 0.1) is 27.6 Å². The number of aromatic nitrogens is 3. The molecule has 12 heteroatoms. The van der Waals surface area contributed by atoms with Gasteiger partial charge in [0.1, 0.15) is 30.5 Å². The quantitative estimate of drug-likeness (QED) is 0.191. The highest BCUT2D eigenvalue weighted by Crippen LogP contribution is 2.33. The minimum atomic E-state index is -0.928. The van der Waals surface area contributed by atoms with E-state index in [1.165, 1.54) is 11.2 Å². The second-order valence-electron chi connectivity index (χ2n) is 9.66. The van der Waals surface area contributed by atoms with E-state index in [1.54, 1.807) is 12.3 Å². The Morgan fingerprint density at radius 3 is 2.69 bits per heavy atom. The number of anilines is 4. The molecule has 42 heavy (non-hydrogen) atoms. The first-order chi connectivity index (χ1) is 20.2. The number of nitrogens with two attached hydrogens (primary N) is 1. The van der Waals surface area contributed by atoms with Crippen LogP contribution in [0.3, 0.4) is 0 Å². The van der Waals surface area contributed by atoms with Crippen molar-refractivity contribution in [3.8, 4) is 5.75 Å². The summed E-state index contributed by atoms with van der Waals surface area (Å²) in [4.78, 5) is 38.0. The largest absolute Gasteiger partial charge is 0.486 e. The van der Waals surface area contributed by atoms with E-state index >= 15 is 0 Å². The molecular formula is C30H32ClN7O4. The topological polar surface area (TPSA) is 147 Å². The van der Waals surface area contributed by atoms with Gasteiger partial charge in [0, 0.05) is 37.9 Å². The molecule has 0 unspecified atom stereocenters. The zero-order valence-corrected chi connectivity index (χ0v) is 24.1. The Morgan fingerprint density at radius 1 is 1.21 bits per heavy atom. The molecule has 2 aromatic heterocycles. The number of ether oxygens (including phenoxy) is 1. The maximum Gasteiger partial charge on any atom is 0.326 e. The van der Waals surface area contributed by atoms with Crippen LogP contribution in [0, 0.1) is 0 Å². The molecule has 0 radical (unpaired) electrons. The van der Waals surface area contributed by atoms with E-state index < -0.39 is 12.0 Å².